The molecule has 104 valence electrons. The fourth-order valence-electron chi connectivity index (χ4n) is 1.64. The third-order valence-electron chi connectivity index (χ3n) is 2.59. The average molecular weight is 330 g/mol. The molecule has 0 saturated carbocycles. The lowest BCUT2D eigenvalue weighted by molar-refractivity contribution is 0.0962. The number of rotatable bonds is 3. The molecule has 0 radical (unpaired) electrons. The van der Waals surface area contributed by atoms with Crippen molar-refractivity contribution in [3.05, 3.63) is 62.6 Å². The van der Waals surface area contributed by atoms with Gasteiger partial charge in [-0.25, -0.2) is 0 Å². The van der Waals surface area contributed by atoms with Gasteiger partial charge in [0.25, 0.3) is 5.91 Å². The maximum atomic E-state index is 12.0. The van der Waals surface area contributed by atoms with E-state index in [1.54, 1.807) is 12.1 Å². The van der Waals surface area contributed by atoms with Gasteiger partial charge in [-0.1, -0.05) is 52.5 Å². The minimum atomic E-state index is -0.282. The average Bonchev–Trinajstić information content (AvgIpc) is 2.37. The second-order valence-electron chi connectivity index (χ2n) is 4.19. The highest BCUT2D eigenvalue weighted by Gasteiger charge is 2.10. The van der Waals surface area contributed by atoms with Crippen LogP contribution >= 0.6 is 34.8 Å². The largest absolute Gasteiger partial charge is 0.295 e. The summed E-state index contributed by atoms with van der Waals surface area (Å²) in [4.78, 5) is 12.0. The first-order chi connectivity index (χ1) is 9.47. The fraction of sp³-hybridized carbons (Fsp3) is 0.0714. The fourth-order valence-corrected chi connectivity index (χ4v) is 2.55. The van der Waals surface area contributed by atoms with Crippen LogP contribution in [-0.2, 0) is 0 Å². The van der Waals surface area contributed by atoms with Gasteiger partial charge in [0, 0.05) is 10.6 Å². The zero-order valence-corrected chi connectivity index (χ0v) is 12.8. The number of aryl methyl sites for hydroxylation is 1. The zero-order valence-electron chi connectivity index (χ0n) is 10.5. The van der Waals surface area contributed by atoms with Crippen LogP contribution in [0.15, 0.2) is 36.4 Å². The molecule has 2 aromatic carbocycles. The van der Waals surface area contributed by atoms with Crippen molar-refractivity contribution in [2.75, 3.05) is 5.43 Å². The summed E-state index contributed by atoms with van der Waals surface area (Å²) in [7, 11) is 0. The second-order valence-corrected chi connectivity index (χ2v) is 5.44. The normalized spacial score (nSPS) is 10.2. The summed E-state index contributed by atoms with van der Waals surface area (Å²) in [6.45, 7) is 1.91. The molecule has 0 unspecified atom stereocenters. The van der Waals surface area contributed by atoms with Crippen molar-refractivity contribution in [2.24, 2.45) is 0 Å². The minimum absolute atomic E-state index is 0.282. The standard InChI is InChI=1S/C14H11Cl3N2O/c1-8-3-2-4-9(5-8)14(20)19-18-13-11(16)6-10(15)7-12(13)17/h2-7,18H,1H3,(H,19,20). The van der Waals surface area contributed by atoms with Crippen LogP contribution in [0.2, 0.25) is 15.1 Å². The van der Waals surface area contributed by atoms with Crippen LogP contribution in [0.1, 0.15) is 15.9 Å². The maximum Gasteiger partial charge on any atom is 0.269 e. The van der Waals surface area contributed by atoms with Crippen LogP contribution < -0.4 is 10.9 Å². The highest BCUT2D eigenvalue weighted by molar-refractivity contribution is 6.41. The van der Waals surface area contributed by atoms with E-state index in [0.29, 0.717) is 26.3 Å². The number of hydrazine groups is 1. The summed E-state index contributed by atoms with van der Waals surface area (Å²) in [5, 5.41) is 1.08. The van der Waals surface area contributed by atoms with Crippen molar-refractivity contribution in [2.45, 2.75) is 6.92 Å². The monoisotopic (exact) mass is 328 g/mol. The molecule has 0 bridgehead atoms. The first kappa shape index (κ1) is 15.0. The Morgan fingerprint density at radius 1 is 1.05 bits per heavy atom. The van der Waals surface area contributed by atoms with E-state index in [0.717, 1.165) is 5.56 Å². The molecule has 0 aliphatic carbocycles. The lowest BCUT2D eigenvalue weighted by Crippen LogP contribution is -2.29. The van der Waals surface area contributed by atoms with Crippen molar-refractivity contribution in [1.29, 1.82) is 0 Å². The summed E-state index contributed by atoms with van der Waals surface area (Å²) in [6.07, 6.45) is 0. The molecule has 2 rings (SSSR count). The van der Waals surface area contributed by atoms with Gasteiger partial charge in [0.05, 0.1) is 15.7 Å². The van der Waals surface area contributed by atoms with Gasteiger partial charge in [-0.2, -0.15) is 0 Å². The number of nitrogens with one attached hydrogen (secondary N) is 2. The number of anilines is 1. The number of hydrogen-bond acceptors (Lipinski definition) is 2. The van der Waals surface area contributed by atoms with Gasteiger partial charge in [-0.05, 0) is 31.2 Å². The molecule has 1 amide bonds. The Morgan fingerprint density at radius 2 is 1.70 bits per heavy atom. The van der Waals surface area contributed by atoms with Crippen LogP contribution in [0.3, 0.4) is 0 Å². The molecule has 3 nitrogen and oxygen atoms in total. The van der Waals surface area contributed by atoms with Crippen molar-refractivity contribution in [1.82, 2.24) is 5.43 Å². The Morgan fingerprint density at radius 3 is 2.30 bits per heavy atom. The Kier molecular flexibility index (Phi) is 4.76. The molecule has 6 heteroatoms. The molecule has 2 aromatic rings. The Labute approximate surface area is 131 Å². The SMILES string of the molecule is Cc1cccc(C(=O)NNc2c(Cl)cc(Cl)cc2Cl)c1. The van der Waals surface area contributed by atoms with E-state index in [1.165, 1.54) is 12.1 Å². The summed E-state index contributed by atoms with van der Waals surface area (Å²) in [5.74, 6) is -0.282. The lowest BCUT2D eigenvalue weighted by Gasteiger charge is -2.12. The predicted molar refractivity (Wildman–Crippen MR) is 83.7 cm³/mol. The van der Waals surface area contributed by atoms with Crippen LogP contribution in [-0.4, -0.2) is 5.91 Å². The topological polar surface area (TPSA) is 41.1 Å². The molecule has 0 fully saturated rings. The number of carbonyl (C=O) groups is 1. The third-order valence-corrected chi connectivity index (χ3v) is 3.40. The molecule has 0 saturated heterocycles. The number of hydrogen-bond donors (Lipinski definition) is 2. The van der Waals surface area contributed by atoms with Crippen molar-refractivity contribution < 1.29 is 4.79 Å². The summed E-state index contributed by atoms with van der Waals surface area (Å²) >= 11 is 17.8. The maximum absolute atomic E-state index is 12.0. The molecule has 0 spiro atoms. The molecule has 0 aromatic heterocycles. The summed E-state index contributed by atoms with van der Waals surface area (Å²) in [5.41, 5.74) is 7.19. The smallest absolute Gasteiger partial charge is 0.269 e. The van der Waals surface area contributed by atoms with E-state index in [4.69, 9.17) is 34.8 Å². The van der Waals surface area contributed by atoms with Gasteiger partial charge in [0.2, 0.25) is 0 Å². The molecule has 0 aliphatic heterocycles. The van der Waals surface area contributed by atoms with E-state index in [-0.39, 0.29) is 5.91 Å². The van der Waals surface area contributed by atoms with E-state index in [9.17, 15) is 4.79 Å². The molecule has 0 atom stereocenters. The van der Waals surface area contributed by atoms with Crippen LogP contribution in [0.5, 0.6) is 0 Å². The van der Waals surface area contributed by atoms with Crippen molar-refractivity contribution in [3.63, 3.8) is 0 Å². The van der Waals surface area contributed by atoms with Crippen molar-refractivity contribution >= 4 is 46.4 Å². The van der Waals surface area contributed by atoms with Crippen LogP contribution in [0.25, 0.3) is 0 Å². The van der Waals surface area contributed by atoms with Gasteiger partial charge >= 0.3 is 0 Å². The van der Waals surface area contributed by atoms with Gasteiger partial charge in [-0.3, -0.25) is 15.6 Å². The van der Waals surface area contributed by atoms with Crippen LogP contribution in [0, 0.1) is 6.92 Å². The molecule has 0 heterocycles. The molecule has 2 N–H and O–H groups in total. The van der Waals surface area contributed by atoms with E-state index in [1.807, 2.05) is 19.1 Å². The quantitative estimate of drug-likeness (QED) is 0.801. The van der Waals surface area contributed by atoms with Crippen LogP contribution in [0.4, 0.5) is 5.69 Å². The van der Waals surface area contributed by atoms with Gasteiger partial charge in [-0.15, -0.1) is 0 Å². The highest BCUT2D eigenvalue weighted by Crippen LogP contribution is 2.33. The molecular weight excluding hydrogens is 319 g/mol. The predicted octanol–water partition coefficient (Wildman–Crippen LogP) is 4.71. The number of carbonyl (C=O) groups excluding carboxylic acids is 1. The number of halogens is 3. The van der Waals surface area contributed by atoms with E-state index >= 15 is 0 Å². The third kappa shape index (κ3) is 3.57. The zero-order chi connectivity index (χ0) is 14.7. The molecule has 20 heavy (non-hydrogen) atoms. The number of amides is 1. The first-order valence-corrected chi connectivity index (χ1v) is 6.88. The summed E-state index contributed by atoms with van der Waals surface area (Å²) in [6, 6.07) is 10.3. The summed E-state index contributed by atoms with van der Waals surface area (Å²) < 4.78 is 0. The first-order valence-electron chi connectivity index (χ1n) is 5.75. The number of benzene rings is 2. The Bertz CT molecular complexity index is 636. The highest BCUT2D eigenvalue weighted by atomic mass is 35.5. The molecule has 0 aliphatic rings. The minimum Gasteiger partial charge on any atom is -0.295 e. The van der Waals surface area contributed by atoms with Gasteiger partial charge in [0.1, 0.15) is 0 Å². The van der Waals surface area contributed by atoms with Gasteiger partial charge in [0.15, 0.2) is 0 Å². The Balaban J connectivity index is 2.11. The lowest BCUT2D eigenvalue weighted by atomic mass is 10.1. The second kappa shape index (κ2) is 6.35. The Hall–Kier alpha value is -1.42. The van der Waals surface area contributed by atoms with E-state index in [2.05, 4.69) is 10.9 Å². The van der Waals surface area contributed by atoms with Crippen molar-refractivity contribution in [3.8, 4) is 0 Å². The van der Waals surface area contributed by atoms with Gasteiger partial charge < -0.3 is 0 Å². The molecular formula is C14H11Cl3N2O. The van der Waals surface area contributed by atoms with E-state index < -0.39 is 0 Å².